The van der Waals surface area contributed by atoms with Gasteiger partial charge in [-0.1, -0.05) is 29.2 Å². The summed E-state index contributed by atoms with van der Waals surface area (Å²) in [4.78, 5) is 4.13. The van der Waals surface area contributed by atoms with E-state index in [-0.39, 0.29) is 0 Å². The van der Waals surface area contributed by atoms with Crippen molar-refractivity contribution in [2.24, 2.45) is 5.84 Å². The standard InChI is InChI=1S/C9H11N5S2/c1-6-13-14-9(16-6)15-5-7-3-2-4-11-8(7)12-10/h2-4H,5,10H2,1H3,(H,11,12). The summed E-state index contributed by atoms with van der Waals surface area (Å²) < 4.78 is 0.962. The molecule has 0 bridgehead atoms. The number of aromatic nitrogens is 3. The fraction of sp³-hybridized carbons (Fsp3) is 0.222. The van der Waals surface area contributed by atoms with Gasteiger partial charge in [0.2, 0.25) is 0 Å². The zero-order valence-electron chi connectivity index (χ0n) is 8.67. The van der Waals surface area contributed by atoms with Crippen molar-refractivity contribution in [2.45, 2.75) is 17.0 Å². The van der Waals surface area contributed by atoms with Crippen molar-refractivity contribution < 1.29 is 0 Å². The molecule has 0 unspecified atom stereocenters. The number of nitrogens with one attached hydrogen (secondary N) is 1. The normalized spacial score (nSPS) is 10.4. The smallest absolute Gasteiger partial charge is 0.174 e. The first kappa shape index (κ1) is 11.3. The minimum Gasteiger partial charge on any atom is -0.308 e. The largest absolute Gasteiger partial charge is 0.308 e. The van der Waals surface area contributed by atoms with Crippen LogP contribution in [-0.2, 0) is 5.75 Å². The Morgan fingerprint density at radius 1 is 1.50 bits per heavy atom. The average molecular weight is 253 g/mol. The van der Waals surface area contributed by atoms with Crippen LogP contribution in [0.3, 0.4) is 0 Å². The lowest BCUT2D eigenvalue weighted by atomic mass is 10.3. The van der Waals surface area contributed by atoms with Gasteiger partial charge in [-0.2, -0.15) is 0 Å². The molecule has 0 aliphatic heterocycles. The predicted molar refractivity (Wildman–Crippen MR) is 66.3 cm³/mol. The molecule has 0 aliphatic rings. The number of nitrogen functional groups attached to an aromatic ring is 1. The third-order valence-corrected chi connectivity index (χ3v) is 3.91. The van der Waals surface area contributed by atoms with Gasteiger partial charge in [-0.25, -0.2) is 10.8 Å². The molecule has 2 aromatic rings. The molecule has 2 rings (SSSR count). The van der Waals surface area contributed by atoms with Crippen molar-refractivity contribution in [3.05, 3.63) is 28.9 Å². The van der Waals surface area contributed by atoms with Crippen LogP contribution in [-0.4, -0.2) is 15.2 Å². The Labute approximate surface area is 101 Å². The highest BCUT2D eigenvalue weighted by molar-refractivity contribution is 8.00. The summed E-state index contributed by atoms with van der Waals surface area (Å²) in [6, 6.07) is 3.88. The van der Waals surface area contributed by atoms with Gasteiger partial charge in [0.15, 0.2) is 4.34 Å². The second kappa shape index (κ2) is 5.24. The van der Waals surface area contributed by atoms with Gasteiger partial charge in [-0.3, -0.25) is 0 Å². The maximum Gasteiger partial charge on any atom is 0.174 e. The molecule has 0 spiro atoms. The molecular weight excluding hydrogens is 242 g/mol. The summed E-state index contributed by atoms with van der Waals surface area (Å²) in [6.45, 7) is 1.94. The number of nitrogens with two attached hydrogens (primary N) is 1. The van der Waals surface area contributed by atoms with Crippen LogP contribution in [0.5, 0.6) is 0 Å². The number of pyridine rings is 1. The lowest BCUT2D eigenvalue weighted by Crippen LogP contribution is -2.10. The lowest BCUT2D eigenvalue weighted by molar-refractivity contribution is 0.983. The van der Waals surface area contributed by atoms with E-state index in [4.69, 9.17) is 5.84 Å². The van der Waals surface area contributed by atoms with Gasteiger partial charge in [0.05, 0.1) is 0 Å². The van der Waals surface area contributed by atoms with E-state index in [2.05, 4.69) is 20.6 Å². The third-order valence-electron chi connectivity index (χ3n) is 1.89. The highest BCUT2D eigenvalue weighted by Crippen LogP contribution is 2.27. The maximum absolute atomic E-state index is 5.38. The number of hydrazine groups is 1. The molecule has 7 heteroatoms. The van der Waals surface area contributed by atoms with E-state index in [9.17, 15) is 0 Å². The second-order valence-corrected chi connectivity index (χ2v) is 5.44. The summed E-state index contributed by atoms with van der Waals surface area (Å²) in [5.41, 5.74) is 3.64. The van der Waals surface area contributed by atoms with Crippen LogP contribution in [0.1, 0.15) is 10.6 Å². The summed E-state index contributed by atoms with van der Waals surface area (Å²) >= 11 is 3.22. The number of nitrogens with zero attached hydrogens (tertiary/aromatic N) is 3. The number of hydrogen-bond donors (Lipinski definition) is 2. The van der Waals surface area contributed by atoms with Gasteiger partial charge in [-0.05, 0) is 13.0 Å². The lowest BCUT2D eigenvalue weighted by Gasteiger charge is -2.05. The van der Waals surface area contributed by atoms with Crippen LogP contribution in [0.15, 0.2) is 22.7 Å². The molecule has 0 aromatic carbocycles. The molecule has 0 aliphatic carbocycles. The Bertz CT molecular complexity index is 470. The summed E-state index contributed by atoms with van der Waals surface area (Å²) in [5, 5.41) is 8.99. The van der Waals surface area contributed by atoms with Crippen molar-refractivity contribution in [1.29, 1.82) is 0 Å². The SMILES string of the molecule is Cc1nnc(SCc2cccnc2NN)s1. The highest BCUT2D eigenvalue weighted by atomic mass is 32.2. The van der Waals surface area contributed by atoms with E-state index in [0.717, 1.165) is 20.7 Å². The van der Waals surface area contributed by atoms with Crippen LogP contribution in [0.25, 0.3) is 0 Å². The van der Waals surface area contributed by atoms with Crippen LogP contribution in [0, 0.1) is 6.92 Å². The van der Waals surface area contributed by atoms with E-state index >= 15 is 0 Å². The highest BCUT2D eigenvalue weighted by Gasteiger charge is 2.05. The van der Waals surface area contributed by atoms with Gasteiger partial charge < -0.3 is 5.43 Å². The molecule has 0 radical (unpaired) electrons. The van der Waals surface area contributed by atoms with Gasteiger partial charge in [-0.15, -0.1) is 10.2 Å². The van der Waals surface area contributed by atoms with Gasteiger partial charge in [0.1, 0.15) is 10.8 Å². The molecule has 0 saturated carbocycles. The topological polar surface area (TPSA) is 76.7 Å². The summed E-state index contributed by atoms with van der Waals surface area (Å²) in [6.07, 6.45) is 1.71. The van der Waals surface area contributed by atoms with Crippen molar-refractivity contribution in [2.75, 3.05) is 5.43 Å². The maximum atomic E-state index is 5.38. The molecule has 2 aromatic heterocycles. The number of aryl methyl sites for hydroxylation is 1. The van der Waals surface area contributed by atoms with E-state index < -0.39 is 0 Å². The molecule has 16 heavy (non-hydrogen) atoms. The Hall–Kier alpha value is -1.18. The molecule has 2 heterocycles. The Morgan fingerprint density at radius 3 is 3.06 bits per heavy atom. The Kier molecular flexibility index (Phi) is 3.70. The Morgan fingerprint density at radius 2 is 2.38 bits per heavy atom. The summed E-state index contributed by atoms with van der Waals surface area (Å²) in [5.74, 6) is 6.86. The zero-order valence-corrected chi connectivity index (χ0v) is 10.3. The summed E-state index contributed by atoms with van der Waals surface area (Å²) in [7, 11) is 0. The molecule has 3 N–H and O–H groups in total. The van der Waals surface area contributed by atoms with E-state index in [1.807, 2.05) is 19.1 Å². The third kappa shape index (κ3) is 2.69. The van der Waals surface area contributed by atoms with Crippen molar-refractivity contribution in [1.82, 2.24) is 15.2 Å². The van der Waals surface area contributed by atoms with Crippen molar-refractivity contribution >= 4 is 28.9 Å². The molecule has 0 saturated heterocycles. The first-order chi connectivity index (χ1) is 7.79. The molecule has 5 nitrogen and oxygen atoms in total. The van der Waals surface area contributed by atoms with Crippen LogP contribution >= 0.6 is 23.1 Å². The molecule has 0 amide bonds. The number of rotatable bonds is 4. The number of hydrogen-bond acceptors (Lipinski definition) is 7. The fourth-order valence-corrected chi connectivity index (χ4v) is 2.96. The molecular formula is C9H11N5S2. The minimum atomic E-state index is 0.705. The Balaban J connectivity index is 2.04. The van der Waals surface area contributed by atoms with Crippen LogP contribution < -0.4 is 11.3 Å². The number of anilines is 1. The van der Waals surface area contributed by atoms with Gasteiger partial charge in [0, 0.05) is 17.5 Å². The van der Waals surface area contributed by atoms with Gasteiger partial charge >= 0.3 is 0 Å². The zero-order chi connectivity index (χ0) is 11.4. The van der Waals surface area contributed by atoms with Crippen molar-refractivity contribution in [3.8, 4) is 0 Å². The first-order valence-electron chi connectivity index (χ1n) is 4.63. The number of thioether (sulfide) groups is 1. The molecule has 0 atom stereocenters. The van der Waals surface area contributed by atoms with E-state index in [1.165, 1.54) is 0 Å². The van der Waals surface area contributed by atoms with Crippen LogP contribution in [0.4, 0.5) is 5.82 Å². The predicted octanol–water partition coefficient (Wildman–Crippen LogP) is 1.82. The average Bonchev–Trinajstić information content (AvgIpc) is 2.73. The van der Waals surface area contributed by atoms with Crippen molar-refractivity contribution in [3.63, 3.8) is 0 Å². The minimum absolute atomic E-state index is 0.705. The molecule has 84 valence electrons. The van der Waals surface area contributed by atoms with E-state index in [1.54, 1.807) is 29.3 Å². The van der Waals surface area contributed by atoms with E-state index in [0.29, 0.717) is 5.82 Å². The quantitative estimate of drug-likeness (QED) is 0.492. The second-order valence-electron chi connectivity index (χ2n) is 3.03. The van der Waals surface area contributed by atoms with Gasteiger partial charge in [0.25, 0.3) is 0 Å². The fourth-order valence-electron chi connectivity index (χ4n) is 1.16. The molecule has 0 fully saturated rings. The first-order valence-corrected chi connectivity index (χ1v) is 6.43. The van der Waals surface area contributed by atoms with Crippen LogP contribution in [0.2, 0.25) is 0 Å². The monoisotopic (exact) mass is 253 g/mol.